The minimum absolute atomic E-state index is 0.268. The van der Waals surface area contributed by atoms with Crippen molar-refractivity contribution in [1.82, 2.24) is 14.8 Å². The first-order valence-corrected chi connectivity index (χ1v) is 8.89. The lowest BCUT2D eigenvalue weighted by Crippen LogP contribution is -2.51. The van der Waals surface area contributed by atoms with Crippen molar-refractivity contribution in [2.75, 3.05) is 64.5 Å². The molecular weight excluding hydrogens is 300 g/mol. The van der Waals surface area contributed by atoms with E-state index in [-0.39, 0.29) is 6.61 Å². The fraction of sp³-hybridized carbons (Fsp3) is 0.800. The van der Waals surface area contributed by atoms with Crippen LogP contribution in [0.15, 0.2) is 6.20 Å². The van der Waals surface area contributed by atoms with E-state index in [1.165, 1.54) is 4.88 Å². The third-order valence-corrected chi connectivity index (χ3v) is 5.57. The van der Waals surface area contributed by atoms with Crippen LogP contribution in [0.5, 0.6) is 0 Å². The summed E-state index contributed by atoms with van der Waals surface area (Å²) >= 11 is 1.80. The minimum atomic E-state index is 0.268. The fourth-order valence-electron chi connectivity index (χ4n) is 3.11. The van der Waals surface area contributed by atoms with Crippen LogP contribution in [0.25, 0.3) is 0 Å². The molecule has 3 rings (SSSR count). The molecule has 2 aliphatic heterocycles. The van der Waals surface area contributed by atoms with E-state index in [0.29, 0.717) is 6.04 Å². The Kier molecular flexibility index (Phi) is 5.65. The number of anilines is 1. The molecule has 22 heavy (non-hydrogen) atoms. The lowest BCUT2D eigenvalue weighted by atomic mass is 10.1. The summed E-state index contributed by atoms with van der Waals surface area (Å²) in [5.41, 5.74) is 0. The van der Waals surface area contributed by atoms with Gasteiger partial charge in [-0.1, -0.05) is 0 Å². The van der Waals surface area contributed by atoms with E-state index in [2.05, 4.69) is 26.7 Å². The molecule has 1 aromatic rings. The van der Waals surface area contributed by atoms with Crippen LogP contribution in [0.4, 0.5) is 5.13 Å². The number of morpholine rings is 1. The molecule has 0 unspecified atom stereocenters. The molecule has 1 aromatic heterocycles. The number of aromatic nitrogens is 1. The summed E-state index contributed by atoms with van der Waals surface area (Å²) in [7, 11) is 2.15. The Morgan fingerprint density at radius 1 is 1.32 bits per heavy atom. The molecule has 2 aliphatic rings. The highest BCUT2D eigenvalue weighted by molar-refractivity contribution is 7.15. The van der Waals surface area contributed by atoms with Gasteiger partial charge in [0.25, 0.3) is 0 Å². The van der Waals surface area contributed by atoms with Crippen molar-refractivity contribution in [3.8, 4) is 0 Å². The van der Waals surface area contributed by atoms with Gasteiger partial charge in [-0.25, -0.2) is 4.98 Å². The van der Waals surface area contributed by atoms with Crippen LogP contribution in [-0.2, 0) is 11.3 Å². The topological polar surface area (TPSA) is 52.1 Å². The lowest BCUT2D eigenvalue weighted by Gasteiger charge is -2.39. The Morgan fingerprint density at radius 2 is 2.14 bits per heavy atom. The number of likely N-dealkylation sites (N-methyl/N-ethyl adjacent to an activating group) is 1. The summed E-state index contributed by atoms with van der Waals surface area (Å²) in [6.45, 7) is 7.92. The molecule has 0 aromatic carbocycles. The van der Waals surface area contributed by atoms with Crippen molar-refractivity contribution >= 4 is 16.5 Å². The summed E-state index contributed by atoms with van der Waals surface area (Å²) in [6, 6.07) is 0.463. The lowest BCUT2D eigenvalue weighted by molar-refractivity contribution is 0.0748. The third-order valence-electron chi connectivity index (χ3n) is 4.53. The van der Waals surface area contributed by atoms with E-state index in [4.69, 9.17) is 4.74 Å². The van der Waals surface area contributed by atoms with Crippen LogP contribution in [0.1, 0.15) is 11.3 Å². The standard InChI is InChI=1S/C15H26N4O2S/c1-17-3-4-18(11-13(17)2-7-20)12-14-10-16-15(22-14)19-5-8-21-9-6-19/h10,13,20H,2-9,11-12H2,1H3/t13-/m1/s1. The Morgan fingerprint density at radius 3 is 2.91 bits per heavy atom. The van der Waals surface area contributed by atoms with Gasteiger partial charge in [-0.05, 0) is 13.5 Å². The second kappa shape index (κ2) is 7.70. The molecule has 7 heteroatoms. The van der Waals surface area contributed by atoms with Crippen LogP contribution in [0.2, 0.25) is 0 Å². The monoisotopic (exact) mass is 326 g/mol. The van der Waals surface area contributed by atoms with Gasteiger partial charge < -0.3 is 19.6 Å². The predicted molar refractivity (Wildman–Crippen MR) is 88.5 cm³/mol. The quantitative estimate of drug-likeness (QED) is 0.849. The van der Waals surface area contributed by atoms with Crippen molar-refractivity contribution in [3.05, 3.63) is 11.1 Å². The van der Waals surface area contributed by atoms with Crippen LogP contribution < -0.4 is 4.90 Å². The molecule has 3 heterocycles. The van der Waals surface area contributed by atoms with E-state index in [9.17, 15) is 5.11 Å². The fourth-order valence-corrected chi connectivity index (χ4v) is 4.11. The normalized spacial score (nSPS) is 24.8. The van der Waals surface area contributed by atoms with E-state index < -0.39 is 0 Å². The zero-order chi connectivity index (χ0) is 15.4. The maximum absolute atomic E-state index is 9.19. The van der Waals surface area contributed by atoms with Gasteiger partial charge in [0.05, 0.1) is 13.2 Å². The first kappa shape index (κ1) is 16.1. The van der Waals surface area contributed by atoms with Gasteiger partial charge in [0.1, 0.15) is 0 Å². The molecule has 0 spiro atoms. The molecule has 0 bridgehead atoms. The Hall–Kier alpha value is -0.730. The first-order chi connectivity index (χ1) is 10.8. The Balaban J connectivity index is 1.55. The molecule has 124 valence electrons. The van der Waals surface area contributed by atoms with Gasteiger partial charge in [0.15, 0.2) is 5.13 Å². The highest BCUT2D eigenvalue weighted by Crippen LogP contribution is 2.25. The van der Waals surface area contributed by atoms with Crippen LogP contribution in [0.3, 0.4) is 0 Å². The Labute approximate surface area is 136 Å². The number of hydrogen-bond donors (Lipinski definition) is 1. The molecule has 0 aliphatic carbocycles. The number of piperazine rings is 1. The molecule has 0 amide bonds. The first-order valence-electron chi connectivity index (χ1n) is 8.07. The molecule has 1 N–H and O–H groups in total. The smallest absolute Gasteiger partial charge is 0.185 e. The van der Waals surface area contributed by atoms with E-state index >= 15 is 0 Å². The highest BCUT2D eigenvalue weighted by atomic mass is 32.1. The van der Waals surface area contributed by atoms with Crippen LogP contribution in [0, 0.1) is 0 Å². The summed E-state index contributed by atoms with van der Waals surface area (Å²) in [5.74, 6) is 0. The van der Waals surface area contributed by atoms with Gasteiger partial charge in [-0.3, -0.25) is 4.90 Å². The maximum Gasteiger partial charge on any atom is 0.185 e. The summed E-state index contributed by atoms with van der Waals surface area (Å²) < 4.78 is 5.40. The van der Waals surface area contributed by atoms with Crippen molar-refractivity contribution in [2.24, 2.45) is 0 Å². The zero-order valence-electron chi connectivity index (χ0n) is 13.3. The third kappa shape index (κ3) is 3.97. The highest BCUT2D eigenvalue weighted by Gasteiger charge is 2.24. The molecular formula is C15H26N4O2S. The SMILES string of the molecule is CN1CCN(Cc2cnc(N3CCOCC3)s2)C[C@H]1CCO. The second-order valence-electron chi connectivity index (χ2n) is 6.09. The van der Waals surface area contributed by atoms with E-state index in [1.54, 1.807) is 11.3 Å². The van der Waals surface area contributed by atoms with Crippen molar-refractivity contribution < 1.29 is 9.84 Å². The van der Waals surface area contributed by atoms with Gasteiger partial charge in [-0.2, -0.15) is 0 Å². The Bertz CT molecular complexity index is 464. The van der Waals surface area contributed by atoms with Crippen LogP contribution >= 0.6 is 11.3 Å². The number of aliphatic hydroxyl groups excluding tert-OH is 1. The zero-order valence-corrected chi connectivity index (χ0v) is 14.1. The van der Waals surface area contributed by atoms with Gasteiger partial charge in [0, 0.05) is 63.0 Å². The van der Waals surface area contributed by atoms with Crippen molar-refractivity contribution in [3.63, 3.8) is 0 Å². The number of ether oxygens (including phenoxy) is 1. The number of nitrogens with zero attached hydrogens (tertiary/aromatic N) is 4. The van der Waals surface area contributed by atoms with E-state index in [0.717, 1.165) is 64.0 Å². The average Bonchev–Trinajstić information content (AvgIpc) is 3.00. The van der Waals surface area contributed by atoms with E-state index in [1.807, 2.05) is 6.20 Å². The molecule has 0 radical (unpaired) electrons. The molecule has 2 saturated heterocycles. The molecule has 2 fully saturated rings. The minimum Gasteiger partial charge on any atom is -0.396 e. The van der Waals surface area contributed by atoms with Gasteiger partial charge in [-0.15, -0.1) is 11.3 Å². The summed E-state index contributed by atoms with van der Waals surface area (Å²) in [5, 5.41) is 10.3. The van der Waals surface area contributed by atoms with Crippen molar-refractivity contribution in [2.45, 2.75) is 19.0 Å². The summed E-state index contributed by atoms with van der Waals surface area (Å²) in [6.07, 6.45) is 2.88. The molecule has 6 nitrogen and oxygen atoms in total. The van der Waals surface area contributed by atoms with Gasteiger partial charge >= 0.3 is 0 Å². The summed E-state index contributed by atoms with van der Waals surface area (Å²) in [4.78, 5) is 13.1. The number of hydrogen-bond acceptors (Lipinski definition) is 7. The van der Waals surface area contributed by atoms with Crippen molar-refractivity contribution in [1.29, 1.82) is 0 Å². The van der Waals surface area contributed by atoms with Gasteiger partial charge in [0.2, 0.25) is 0 Å². The molecule has 0 saturated carbocycles. The number of thiazole rings is 1. The predicted octanol–water partition coefficient (Wildman–Crippen LogP) is 0.478. The van der Waals surface area contributed by atoms with Crippen LogP contribution in [-0.4, -0.2) is 85.5 Å². The number of rotatable bonds is 5. The average molecular weight is 326 g/mol. The molecule has 1 atom stereocenters. The maximum atomic E-state index is 9.19. The number of aliphatic hydroxyl groups is 1. The largest absolute Gasteiger partial charge is 0.396 e. The second-order valence-corrected chi connectivity index (χ2v) is 7.18.